The average molecular weight is 130 g/mol. The molecule has 0 aromatic rings. The Hall–Kier alpha value is -0.570. The molecule has 0 bridgehead atoms. The molecule has 0 aromatic heterocycles. The molecule has 1 aliphatic rings. The van der Waals surface area contributed by atoms with Gasteiger partial charge in [0.1, 0.15) is 0 Å². The molecule has 0 amide bonds. The minimum Gasteiger partial charge on any atom is -0.481 e. The highest BCUT2D eigenvalue weighted by Crippen LogP contribution is 2.41. The second-order valence-electron chi connectivity index (χ2n) is 2.66. The third kappa shape index (κ3) is 1.05. The standard InChI is InChI=1S/C6H10O3/c1-4(5(7)8)6(9)2-3-6/h4,9H,2-3H2,1H3,(H,7,8). The van der Waals surface area contributed by atoms with Crippen LogP contribution >= 0.6 is 0 Å². The van der Waals surface area contributed by atoms with Crippen LogP contribution in [0.3, 0.4) is 0 Å². The van der Waals surface area contributed by atoms with E-state index in [1.165, 1.54) is 6.92 Å². The number of aliphatic carboxylic acids is 1. The number of carbonyl (C=O) groups is 1. The number of rotatable bonds is 2. The van der Waals surface area contributed by atoms with Gasteiger partial charge in [-0.3, -0.25) is 4.79 Å². The van der Waals surface area contributed by atoms with Gasteiger partial charge in [0.25, 0.3) is 0 Å². The molecule has 2 N–H and O–H groups in total. The number of carboxylic acids is 1. The Morgan fingerprint density at radius 1 is 1.67 bits per heavy atom. The summed E-state index contributed by atoms with van der Waals surface area (Å²) >= 11 is 0. The van der Waals surface area contributed by atoms with E-state index in [4.69, 9.17) is 5.11 Å². The zero-order valence-corrected chi connectivity index (χ0v) is 5.29. The Morgan fingerprint density at radius 3 is 2.22 bits per heavy atom. The molecule has 52 valence electrons. The summed E-state index contributed by atoms with van der Waals surface area (Å²) in [6.45, 7) is 1.54. The predicted molar refractivity (Wildman–Crippen MR) is 31.0 cm³/mol. The van der Waals surface area contributed by atoms with E-state index in [9.17, 15) is 9.90 Å². The zero-order valence-electron chi connectivity index (χ0n) is 5.29. The molecule has 1 atom stereocenters. The highest BCUT2D eigenvalue weighted by Gasteiger charge is 2.48. The molecule has 0 saturated heterocycles. The van der Waals surface area contributed by atoms with Crippen molar-refractivity contribution in [2.75, 3.05) is 0 Å². The maximum atomic E-state index is 10.2. The number of hydrogen-bond acceptors (Lipinski definition) is 2. The Morgan fingerprint density at radius 2 is 2.11 bits per heavy atom. The lowest BCUT2D eigenvalue weighted by Crippen LogP contribution is -2.26. The van der Waals surface area contributed by atoms with Crippen LogP contribution in [0.4, 0.5) is 0 Å². The van der Waals surface area contributed by atoms with E-state index in [1.807, 2.05) is 0 Å². The minimum absolute atomic E-state index is 0.600. The molecule has 0 heterocycles. The largest absolute Gasteiger partial charge is 0.481 e. The fraction of sp³-hybridized carbons (Fsp3) is 0.833. The van der Waals surface area contributed by atoms with Gasteiger partial charge >= 0.3 is 5.97 Å². The number of aliphatic hydroxyl groups is 1. The smallest absolute Gasteiger partial charge is 0.309 e. The number of carboxylic acid groups (broad SMARTS) is 1. The van der Waals surface area contributed by atoms with Crippen LogP contribution in [0.2, 0.25) is 0 Å². The molecular formula is C6H10O3. The lowest BCUT2D eigenvalue weighted by Gasteiger charge is -2.10. The maximum absolute atomic E-state index is 10.2. The fourth-order valence-corrected chi connectivity index (χ4v) is 0.791. The van der Waals surface area contributed by atoms with Crippen LogP contribution in [-0.2, 0) is 4.79 Å². The molecule has 1 fully saturated rings. The summed E-state index contributed by atoms with van der Waals surface area (Å²) in [4.78, 5) is 10.2. The first kappa shape index (κ1) is 6.55. The van der Waals surface area contributed by atoms with Gasteiger partial charge in [-0.05, 0) is 19.8 Å². The molecule has 1 unspecified atom stereocenters. The molecule has 0 aromatic carbocycles. The summed E-state index contributed by atoms with van der Waals surface area (Å²) in [6, 6.07) is 0. The van der Waals surface area contributed by atoms with Crippen LogP contribution in [0, 0.1) is 5.92 Å². The van der Waals surface area contributed by atoms with E-state index >= 15 is 0 Å². The first-order valence-electron chi connectivity index (χ1n) is 3.01. The summed E-state index contributed by atoms with van der Waals surface area (Å²) in [5.41, 5.74) is -0.869. The molecule has 1 saturated carbocycles. The summed E-state index contributed by atoms with van der Waals surface area (Å²) < 4.78 is 0. The van der Waals surface area contributed by atoms with Crippen LogP contribution in [0.1, 0.15) is 19.8 Å². The van der Waals surface area contributed by atoms with Gasteiger partial charge in [0, 0.05) is 0 Å². The van der Waals surface area contributed by atoms with E-state index in [0.29, 0.717) is 12.8 Å². The highest BCUT2D eigenvalue weighted by atomic mass is 16.4. The van der Waals surface area contributed by atoms with Crippen molar-refractivity contribution >= 4 is 5.97 Å². The van der Waals surface area contributed by atoms with Crippen molar-refractivity contribution in [3.05, 3.63) is 0 Å². The van der Waals surface area contributed by atoms with E-state index in [1.54, 1.807) is 0 Å². The van der Waals surface area contributed by atoms with Gasteiger partial charge in [-0.15, -0.1) is 0 Å². The molecule has 3 nitrogen and oxygen atoms in total. The van der Waals surface area contributed by atoms with Gasteiger partial charge in [0.15, 0.2) is 0 Å². The summed E-state index contributed by atoms with van der Waals surface area (Å²) in [5, 5.41) is 17.6. The first-order valence-corrected chi connectivity index (χ1v) is 3.01. The molecule has 0 radical (unpaired) electrons. The van der Waals surface area contributed by atoms with Gasteiger partial charge < -0.3 is 10.2 Å². The van der Waals surface area contributed by atoms with Crippen molar-refractivity contribution in [1.82, 2.24) is 0 Å². The summed E-state index contributed by atoms with van der Waals surface area (Å²) in [6.07, 6.45) is 1.28. The van der Waals surface area contributed by atoms with Crippen molar-refractivity contribution in [3.63, 3.8) is 0 Å². The molecule has 1 aliphatic carbocycles. The van der Waals surface area contributed by atoms with Crippen molar-refractivity contribution in [3.8, 4) is 0 Å². The van der Waals surface area contributed by atoms with Gasteiger partial charge in [0.2, 0.25) is 0 Å². The zero-order chi connectivity index (χ0) is 7.07. The third-order valence-electron chi connectivity index (χ3n) is 1.94. The Kier molecular flexibility index (Phi) is 1.24. The Labute approximate surface area is 53.3 Å². The quantitative estimate of drug-likeness (QED) is 0.562. The Balaban J connectivity index is 2.52. The lowest BCUT2D eigenvalue weighted by molar-refractivity contribution is -0.145. The normalized spacial score (nSPS) is 25.1. The van der Waals surface area contributed by atoms with Crippen LogP contribution < -0.4 is 0 Å². The van der Waals surface area contributed by atoms with Crippen molar-refractivity contribution in [2.24, 2.45) is 5.92 Å². The average Bonchev–Trinajstić information content (AvgIpc) is 2.47. The molecular weight excluding hydrogens is 120 g/mol. The van der Waals surface area contributed by atoms with E-state index in [0.717, 1.165) is 0 Å². The maximum Gasteiger partial charge on any atom is 0.309 e. The predicted octanol–water partition coefficient (Wildman–Crippen LogP) is 0.232. The van der Waals surface area contributed by atoms with Crippen molar-refractivity contribution in [2.45, 2.75) is 25.4 Å². The topological polar surface area (TPSA) is 57.5 Å². The van der Waals surface area contributed by atoms with Crippen molar-refractivity contribution < 1.29 is 15.0 Å². The van der Waals surface area contributed by atoms with Crippen LogP contribution in [0.5, 0.6) is 0 Å². The molecule has 9 heavy (non-hydrogen) atoms. The second kappa shape index (κ2) is 1.70. The van der Waals surface area contributed by atoms with Gasteiger partial charge in [-0.2, -0.15) is 0 Å². The second-order valence-corrected chi connectivity index (χ2v) is 2.66. The van der Waals surface area contributed by atoms with E-state index in [2.05, 4.69) is 0 Å². The van der Waals surface area contributed by atoms with E-state index in [-0.39, 0.29) is 0 Å². The highest BCUT2D eigenvalue weighted by molar-refractivity contribution is 5.71. The molecule has 0 aliphatic heterocycles. The summed E-state index contributed by atoms with van der Waals surface area (Å²) in [5.74, 6) is -1.51. The van der Waals surface area contributed by atoms with Crippen LogP contribution in [-0.4, -0.2) is 21.8 Å². The van der Waals surface area contributed by atoms with Crippen LogP contribution in [0.25, 0.3) is 0 Å². The number of hydrogen-bond donors (Lipinski definition) is 2. The lowest BCUT2D eigenvalue weighted by atomic mass is 10.0. The van der Waals surface area contributed by atoms with Gasteiger partial charge in [-0.25, -0.2) is 0 Å². The molecule has 0 spiro atoms. The van der Waals surface area contributed by atoms with Crippen LogP contribution in [0.15, 0.2) is 0 Å². The van der Waals surface area contributed by atoms with Crippen molar-refractivity contribution in [1.29, 1.82) is 0 Å². The van der Waals surface area contributed by atoms with E-state index < -0.39 is 17.5 Å². The minimum atomic E-state index is -0.907. The molecule has 3 heteroatoms. The Bertz CT molecular complexity index is 137. The monoisotopic (exact) mass is 130 g/mol. The van der Waals surface area contributed by atoms with Gasteiger partial charge in [-0.1, -0.05) is 0 Å². The molecule has 1 rings (SSSR count). The first-order chi connectivity index (χ1) is 4.06. The SMILES string of the molecule is CC(C(=O)O)C1(O)CC1. The summed E-state index contributed by atoms with van der Waals surface area (Å²) in [7, 11) is 0. The van der Waals surface area contributed by atoms with Gasteiger partial charge in [0.05, 0.1) is 11.5 Å². The third-order valence-corrected chi connectivity index (χ3v) is 1.94. The fourth-order valence-electron chi connectivity index (χ4n) is 0.791.